The highest BCUT2D eigenvalue weighted by atomic mass is 15.1. The monoisotopic (exact) mass is 217 g/mol. The van der Waals surface area contributed by atoms with Gasteiger partial charge in [0.05, 0.1) is 0 Å². The third-order valence-electron chi connectivity index (χ3n) is 4.09. The third kappa shape index (κ3) is 2.01. The Hall–Kier alpha value is -0.820. The Morgan fingerprint density at radius 1 is 1.06 bits per heavy atom. The van der Waals surface area contributed by atoms with Crippen molar-refractivity contribution in [3.63, 3.8) is 0 Å². The molecule has 0 N–H and O–H groups in total. The number of rotatable bonds is 2. The Labute approximate surface area is 99.5 Å². The van der Waals surface area contributed by atoms with E-state index in [1.54, 1.807) is 0 Å². The van der Waals surface area contributed by atoms with Crippen LogP contribution in [0.2, 0.25) is 0 Å². The van der Waals surface area contributed by atoms with Crippen LogP contribution in [0.3, 0.4) is 0 Å². The molecule has 0 aromatic heterocycles. The summed E-state index contributed by atoms with van der Waals surface area (Å²) in [6, 6.07) is 9.06. The Bertz CT molecular complexity index is 348. The predicted molar refractivity (Wildman–Crippen MR) is 69.6 cm³/mol. The van der Waals surface area contributed by atoms with E-state index in [1.165, 1.54) is 43.2 Å². The number of aryl methyl sites for hydroxylation is 1. The summed E-state index contributed by atoms with van der Waals surface area (Å²) < 4.78 is 0. The van der Waals surface area contributed by atoms with Crippen LogP contribution in [0.15, 0.2) is 24.3 Å². The lowest BCUT2D eigenvalue weighted by Crippen LogP contribution is -2.43. The van der Waals surface area contributed by atoms with Gasteiger partial charge in [-0.2, -0.15) is 0 Å². The Morgan fingerprint density at radius 2 is 1.75 bits per heavy atom. The molecule has 0 spiro atoms. The van der Waals surface area contributed by atoms with E-state index in [1.807, 2.05) is 0 Å². The first-order valence-electron chi connectivity index (χ1n) is 6.40. The standard InChI is InChI=1S/C15H23N/c1-13-8-7-9-14(12-13)15(16(2)3)10-5-4-6-11-15/h7-9,12H,4-6,10-11H2,1-3H3. The largest absolute Gasteiger partial charge is 0.300 e. The fourth-order valence-corrected chi connectivity index (χ4v) is 3.07. The average molecular weight is 217 g/mol. The lowest BCUT2D eigenvalue weighted by atomic mass is 9.75. The molecule has 1 aliphatic carbocycles. The van der Waals surface area contributed by atoms with Crippen LogP contribution in [0.4, 0.5) is 0 Å². The Kier molecular flexibility index (Phi) is 3.34. The van der Waals surface area contributed by atoms with E-state index in [2.05, 4.69) is 50.2 Å². The SMILES string of the molecule is Cc1cccc(C2(N(C)C)CCCCC2)c1. The lowest BCUT2D eigenvalue weighted by Gasteiger charge is -2.43. The first-order valence-corrected chi connectivity index (χ1v) is 6.40. The second-order valence-corrected chi connectivity index (χ2v) is 5.36. The van der Waals surface area contributed by atoms with Gasteiger partial charge in [-0.3, -0.25) is 4.90 Å². The van der Waals surface area contributed by atoms with Gasteiger partial charge in [0.15, 0.2) is 0 Å². The van der Waals surface area contributed by atoms with Crippen molar-refractivity contribution < 1.29 is 0 Å². The quantitative estimate of drug-likeness (QED) is 0.730. The van der Waals surface area contributed by atoms with Crippen molar-refractivity contribution in [2.24, 2.45) is 0 Å². The van der Waals surface area contributed by atoms with Crippen molar-refractivity contribution in [1.82, 2.24) is 4.90 Å². The summed E-state index contributed by atoms with van der Waals surface area (Å²) >= 11 is 0. The lowest BCUT2D eigenvalue weighted by molar-refractivity contribution is 0.0988. The summed E-state index contributed by atoms with van der Waals surface area (Å²) in [6.07, 6.45) is 6.76. The Balaban J connectivity index is 2.38. The molecule has 0 unspecified atom stereocenters. The van der Waals surface area contributed by atoms with Crippen LogP contribution >= 0.6 is 0 Å². The van der Waals surface area contributed by atoms with E-state index in [9.17, 15) is 0 Å². The minimum Gasteiger partial charge on any atom is -0.300 e. The van der Waals surface area contributed by atoms with Crippen LogP contribution in [0.1, 0.15) is 43.2 Å². The number of benzene rings is 1. The highest BCUT2D eigenvalue weighted by Gasteiger charge is 2.35. The molecule has 0 heterocycles. The summed E-state index contributed by atoms with van der Waals surface area (Å²) in [6.45, 7) is 2.19. The molecule has 2 rings (SSSR count). The van der Waals surface area contributed by atoms with E-state index < -0.39 is 0 Å². The molecule has 16 heavy (non-hydrogen) atoms. The maximum atomic E-state index is 2.43. The zero-order chi connectivity index (χ0) is 11.6. The molecule has 0 saturated heterocycles. The van der Waals surface area contributed by atoms with Crippen LogP contribution in [0.5, 0.6) is 0 Å². The van der Waals surface area contributed by atoms with Crippen molar-refractivity contribution in [1.29, 1.82) is 0 Å². The first kappa shape index (κ1) is 11.7. The van der Waals surface area contributed by atoms with Crippen LogP contribution in [-0.2, 0) is 5.54 Å². The van der Waals surface area contributed by atoms with Gasteiger partial charge in [-0.1, -0.05) is 49.1 Å². The molecular weight excluding hydrogens is 194 g/mol. The van der Waals surface area contributed by atoms with E-state index in [4.69, 9.17) is 0 Å². The fourth-order valence-electron chi connectivity index (χ4n) is 3.07. The van der Waals surface area contributed by atoms with Gasteiger partial charge in [-0.05, 0) is 39.4 Å². The maximum absolute atomic E-state index is 2.43. The zero-order valence-electron chi connectivity index (χ0n) is 10.8. The molecule has 1 aromatic carbocycles. The molecule has 0 bridgehead atoms. The normalized spacial score (nSPS) is 20.0. The van der Waals surface area contributed by atoms with Gasteiger partial charge in [0.1, 0.15) is 0 Å². The summed E-state index contributed by atoms with van der Waals surface area (Å²) in [5.74, 6) is 0. The van der Waals surface area contributed by atoms with Gasteiger partial charge in [-0.25, -0.2) is 0 Å². The second-order valence-electron chi connectivity index (χ2n) is 5.36. The molecule has 1 aromatic rings. The molecule has 0 atom stereocenters. The summed E-state index contributed by atoms with van der Waals surface area (Å²) in [5.41, 5.74) is 3.19. The number of hydrogen-bond acceptors (Lipinski definition) is 1. The predicted octanol–water partition coefficient (Wildman–Crippen LogP) is 3.72. The zero-order valence-corrected chi connectivity index (χ0v) is 10.8. The van der Waals surface area contributed by atoms with Crippen LogP contribution in [0, 0.1) is 6.92 Å². The van der Waals surface area contributed by atoms with E-state index in [0.717, 1.165) is 0 Å². The van der Waals surface area contributed by atoms with Crippen molar-refractivity contribution in [3.05, 3.63) is 35.4 Å². The van der Waals surface area contributed by atoms with E-state index in [0.29, 0.717) is 5.54 Å². The minimum absolute atomic E-state index is 0.296. The molecule has 1 aliphatic rings. The van der Waals surface area contributed by atoms with Crippen molar-refractivity contribution in [2.45, 2.75) is 44.6 Å². The molecule has 0 radical (unpaired) electrons. The van der Waals surface area contributed by atoms with Crippen molar-refractivity contribution >= 4 is 0 Å². The highest BCUT2D eigenvalue weighted by molar-refractivity contribution is 5.29. The first-order chi connectivity index (χ1) is 7.65. The van der Waals surface area contributed by atoms with E-state index in [-0.39, 0.29) is 0 Å². The molecule has 1 saturated carbocycles. The number of nitrogens with zero attached hydrogens (tertiary/aromatic N) is 1. The molecule has 0 amide bonds. The van der Waals surface area contributed by atoms with Gasteiger partial charge in [-0.15, -0.1) is 0 Å². The van der Waals surface area contributed by atoms with Crippen molar-refractivity contribution in [3.8, 4) is 0 Å². The third-order valence-corrected chi connectivity index (χ3v) is 4.09. The average Bonchev–Trinajstić information content (AvgIpc) is 2.30. The van der Waals surface area contributed by atoms with Gasteiger partial charge in [0.2, 0.25) is 0 Å². The van der Waals surface area contributed by atoms with E-state index >= 15 is 0 Å². The maximum Gasteiger partial charge on any atom is 0.0454 e. The molecule has 1 heteroatoms. The van der Waals surface area contributed by atoms with Gasteiger partial charge >= 0.3 is 0 Å². The summed E-state index contributed by atoms with van der Waals surface area (Å²) in [4.78, 5) is 2.43. The fraction of sp³-hybridized carbons (Fsp3) is 0.600. The van der Waals surface area contributed by atoms with Crippen LogP contribution in [0.25, 0.3) is 0 Å². The molecular formula is C15H23N. The second kappa shape index (κ2) is 4.58. The van der Waals surface area contributed by atoms with Gasteiger partial charge in [0, 0.05) is 5.54 Å². The van der Waals surface area contributed by atoms with Crippen LogP contribution in [-0.4, -0.2) is 19.0 Å². The smallest absolute Gasteiger partial charge is 0.0454 e. The summed E-state index contributed by atoms with van der Waals surface area (Å²) in [5, 5.41) is 0. The summed E-state index contributed by atoms with van der Waals surface area (Å²) in [7, 11) is 4.46. The highest BCUT2D eigenvalue weighted by Crippen LogP contribution is 2.41. The molecule has 88 valence electrons. The molecule has 0 aliphatic heterocycles. The van der Waals surface area contributed by atoms with Crippen LogP contribution < -0.4 is 0 Å². The van der Waals surface area contributed by atoms with Gasteiger partial charge in [0.25, 0.3) is 0 Å². The molecule has 1 fully saturated rings. The number of hydrogen-bond donors (Lipinski definition) is 0. The molecule has 1 nitrogen and oxygen atoms in total. The van der Waals surface area contributed by atoms with Crippen molar-refractivity contribution in [2.75, 3.05) is 14.1 Å². The minimum atomic E-state index is 0.296. The Morgan fingerprint density at radius 3 is 2.31 bits per heavy atom. The topological polar surface area (TPSA) is 3.24 Å². The van der Waals surface area contributed by atoms with Gasteiger partial charge < -0.3 is 0 Å².